The standard InChI is InChI=1S/C20H25N5OS/c1-14(26)21-7-4-15-5-10-25(11-6-15)13-16-2-3-18-17(12-16)24-19-20(27-18)23-9-8-22-19/h2-3,8-9,12,15H,4-7,10-11,13H2,1H3,(H,21,26)(H,22,24). The molecule has 4 rings (SSSR count). The molecular weight excluding hydrogens is 358 g/mol. The van der Waals surface area contributed by atoms with Crippen molar-refractivity contribution >= 4 is 29.2 Å². The Morgan fingerprint density at radius 3 is 2.93 bits per heavy atom. The summed E-state index contributed by atoms with van der Waals surface area (Å²) in [4.78, 5) is 23.5. The molecule has 2 aliphatic rings. The molecule has 0 bridgehead atoms. The van der Waals surface area contributed by atoms with Gasteiger partial charge in [-0.1, -0.05) is 17.8 Å². The molecule has 0 saturated carbocycles. The van der Waals surface area contributed by atoms with Gasteiger partial charge < -0.3 is 10.6 Å². The first kappa shape index (κ1) is 18.3. The first-order chi connectivity index (χ1) is 13.2. The summed E-state index contributed by atoms with van der Waals surface area (Å²) in [7, 11) is 0. The monoisotopic (exact) mass is 383 g/mol. The molecule has 27 heavy (non-hydrogen) atoms. The Labute approximate surface area is 164 Å². The van der Waals surface area contributed by atoms with Crippen LogP contribution < -0.4 is 10.6 Å². The van der Waals surface area contributed by atoms with Crippen LogP contribution in [0.3, 0.4) is 0 Å². The maximum Gasteiger partial charge on any atom is 0.216 e. The molecule has 0 unspecified atom stereocenters. The fraction of sp³-hybridized carbons (Fsp3) is 0.450. The quantitative estimate of drug-likeness (QED) is 0.703. The number of piperidine rings is 1. The van der Waals surface area contributed by atoms with E-state index in [-0.39, 0.29) is 5.91 Å². The maximum atomic E-state index is 11.0. The third kappa shape index (κ3) is 4.59. The van der Waals surface area contributed by atoms with Crippen molar-refractivity contribution in [2.75, 3.05) is 25.0 Å². The molecule has 7 heteroatoms. The lowest BCUT2D eigenvalue weighted by molar-refractivity contribution is -0.119. The number of rotatable bonds is 5. The molecule has 1 amide bonds. The molecular formula is C20H25N5OS. The summed E-state index contributed by atoms with van der Waals surface area (Å²) in [5.74, 6) is 1.64. The summed E-state index contributed by atoms with van der Waals surface area (Å²) in [6, 6.07) is 6.64. The van der Waals surface area contributed by atoms with Crippen LogP contribution in [0.15, 0.2) is 40.5 Å². The number of hydrogen-bond acceptors (Lipinski definition) is 6. The number of amides is 1. The molecule has 1 fully saturated rings. The van der Waals surface area contributed by atoms with E-state index in [1.54, 1.807) is 31.1 Å². The molecule has 0 aliphatic carbocycles. The molecule has 1 aromatic carbocycles. The minimum atomic E-state index is 0.0697. The zero-order chi connectivity index (χ0) is 18.6. The number of carbonyl (C=O) groups is 1. The van der Waals surface area contributed by atoms with E-state index in [4.69, 9.17) is 0 Å². The topological polar surface area (TPSA) is 70.2 Å². The smallest absolute Gasteiger partial charge is 0.216 e. The van der Waals surface area contributed by atoms with Gasteiger partial charge in [0.05, 0.1) is 5.69 Å². The molecule has 0 spiro atoms. The summed E-state index contributed by atoms with van der Waals surface area (Å²) in [5, 5.41) is 7.25. The van der Waals surface area contributed by atoms with Crippen molar-refractivity contribution in [1.82, 2.24) is 20.2 Å². The lowest BCUT2D eigenvalue weighted by Gasteiger charge is -2.32. The molecule has 0 radical (unpaired) electrons. The van der Waals surface area contributed by atoms with Crippen LogP contribution in [0.25, 0.3) is 0 Å². The summed E-state index contributed by atoms with van der Waals surface area (Å²) >= 11 is 1.67. The number of hydrogen-bond donors (Lipinski definition) is 2. The Morgan fingerprint density at radius 2 is 2.11 bits per heavy atom. The van der Waals surface area contributed by atoms with Crippen molar-refractivity contribution in [2.24, 2.45) is 5.92 Å². The highest BCUT2D eigenvalue weighted by atomic mass is 32.2. The number of carbonyl (C=O) groups excluding carboxylic acids is 1. The Bertz CT molecular complexity index is 820. The number of benzene rings is 1. The number of aromatic nitrogens is 2. The minimum absolute atomic E-state index is 0.0697. The van der Waals surface area contributed by atoms with Gasteiger partial charge in [0, 0.05) is 37.3 Å². The highest BCUT2D eigenvalue weighted by Gasteiger charge is 2.21. The van der Waals surface area contributed by atoms with E-state index in [2.05, 4.69) is 43.7 Å². The summed E-state index contributed by atoms with van der Waals surface area (Å²) in [5.41, 5.74) is 2.45. The van der Waals surface area contributed by atoms with Gasteiger partial charge in [0.15, 0.2) is 5.82 Å². The Balaban J connectivity index is 1.31. The lowest BCUT2D eigenvalue weighted by Crippen LogP contribution is -2.34. The van der Waals surface area contributed by atoms with E-state index in [0.717, 1.165) is 55.0 Å². The Morgan fingerprint density at radius 1 is 1.30 bits per heavy atom. The predicted molar refractivity (Wildman–Crippen MR) is 107 cm³/mol. The lowest BCUT2D eigenvalue weighted by atomic mass is 9.93. The van der Waals surface area contributed by atoms with E-state index in [0.29, 0.717) is 0 Å². The van der Waals surface area contributed by atoms with Crippen LogP contribution in [0.1, 0.15) is 31.7 Å². The average molecular weight is 384 g/mol. The van der Waals surface area contributed by atoms with Gasteiger partial charge in [0.1, 0.15) is 5.03 Å². The van der Waals surface area contributed by atoms with Crippen molar-refractivity contribution in [2.45, 2.75) is 42.7 Å². The second-order valence-corrected chi connectivity index (χ2v) is 8.29. The molecule has 2 aliphatic heterocycles. The molecule has 2 N–H and O–H groups in total. The zero-order valence-electron chi connectivity index (χ0n) is 15.6. The van der Waals surface area contributed by atoms with Crippen LogP contribution in [0.5, 0.6) is 0 Å². The van der Waals surface area contributed by atoms with Crippen molar-refractivity contribution in [3.63, 3.8) is 0 Å². The highest BCUT2D eigenvalue weighted by Crippen LogP contribution is 2.42. The van der Waals surface area contributed by atoms with Crippen LogP contribution in [0, 0.1) is 5.92 Å². The van der Waals surface area contributed by atoms with Crippen LogP contribution >= 0.6 is 11.8 Å². The van der Waals surface area contributed by atoms with Crippen LogP contribution in [0.4, 0.5) is 11.5 Å². The SMILES string of the molecule is CC(=O)NCCC1CCN(Cc2ccc3c(c2)Nc2nccnc2S3)CC1. The first-order valence-electron chi connectivity index (χ1n) is 9.53. The fourth-order valence-electron chi connectivity index (χ4n) is 3.72. The number of nitrogens with one attached hydrogen (secondary N) is 2. The molecule has 2 aromatic rings. The largest absolute Gasteiger partial charge is 0.356 e. The van der Waals surface area contributed by atoms with E-state index < -0.39 is 0 Å². The fourth-order valence-corrected chi connectivity index (χ4v) is 4.60. The molecule has 1 aromatic heterocycles. The molecule has 6 nitrogen and oxygen atoms in total. The van der Waals surface area contributed by atoms with Gasteiger partial charge in [-0.25, -0.2) is 9.97 Å². The average Bonchev–Trinajstić information content (AvgIpc) is 2.67. The Hall–Kier alpha value is -2.12. The minimum Gasteiger partial charge on any atom is -0.356 e. The van der Waals surface area contributed by atoms with Crippen molar-refractivity contribution in [1.29, 1.82) is 0 Å². The normalized spacial score (nSPS) is 16.9. The van der Waals surface area contributed by atoms with E-state index in [1.165, 1.54) is 23.3 Å². The third-order valence-electron chi connectivity index (χ3n) is 5.21. The van der Waals surface area contributed by atoms with Crippen LogP contribution in [0.2, 0.25) is 0 Å². The summed E-state index contributed by atoms with van der Waals surface area (Å²) in [6.07, 6.45) is 6.96. The second kappa shape index (κ2) is 8.27. The molecule has 0 atom stereocenters. The molecule has 3 heterocycles. The molecule has 1 saturated heterocycles. The summed E-state index contributed by atoms with van der Waals surface area (Å²) < 4.78 is 0. The number of fused-ring (bicyclic) bond motifs is 2. The van der Waals surface area contributed by atoms with Gasteiger partial charge in [0.25, 0.3) is 0 Å². The van der Waals surface area contributed by atoms with Gasteiger partial charge in [-0.2, -0.15) is 0 Å². The van der Waals surface area contributed by atoms with Gasteiger partial charge >= 0.3 is 0 Å². The molecule has 142 valence electrons. The number of anilines is 2. The zero-order valence-corrected chi connectivity index (χ0v) is 16.4. The van der Waals surface area contributed by atoms with Crippen molar-refractivity contribution < 1.29 is 4.79 Å². The van der Waals surface area contributed by atoms with E-state index in [1.807, 2.05) is 0 Å². The second-order valence-electron chi connectivity index (χ2n) is 7.26. The van der Waals surface area contributed by atoms with Crippen LogP contribution in [-0.2, 0) is 11.3 Å². The number of likely N-dealkylation sites (tertiary alicyclic amines) is 1. The van der Waals surface area contributed by atoms with E-state index in [9.17, 15) is 4.79 Å². The Kier molecular flexibility index (Phi) is 5.59. The van der Waals surface area contributed by atoms with Crippen molar-refractivity contribution in [3.8, 4) is 0 Å². The van der Waals surface area contributed by atoms with Gasteiger partial charge in [-0.05, 0) is 56.0 Å². The van der Waals surface area contributed by atoms with Crippen LogP contribution in [-0.4, -0.2) is 40.4 Å². The third-order valence-corrected chi connectivity index (χ3v) is 6.28. The number of nitrogens with zero attached hydrogens (tertiary/aromatic N) is 3. The van der Waals surface area contributed by atoms with E-state index >= 15 is 0 Å². The first-order valence-corrected chi connectivity index (χ1v) is 10.3. The maximum absolute atomic E-state index is 11.0. The van der Waals surface area contributed by atoms with Crippen molar-refractivity contribution in [3.05, 3.63) is 36.2 Å². The van der Waals surface area contributed by atoms with Gasteiger partial charge in [-0.15, -0.1) is 0 Å². The van der Waals surface area contributed by atoms with Gasteiger partial charge in [0.2, 0.25) is 5.91 Å². The van der Waals surface area contributed by atoms with Gasteiger partial charge in [-0.3, -0.25) is 9.69 Å². The summed E-state index contributed by atoms with van der Waals surface area (Å²) in [6.45, 7) is 5.61. The predicted octanol–water partition coefficient (Wildman–Crippen LogP) is 3.42. The highest BCUT2D eigenvalue weighted by molar-refractivity contribution is 7.99.